The number of hydrogen-bond acceptors (Lipinski definition) is 5. The summed E-state index contributed by atoms with van der Waals surface area (Å²) in [5.41, 5.74) is 0.607. The molecule has 0 spiro atoms. The molecule has 1 aromatic carbocycles. The molecule has 1 aliphatic heterocycles. The largest absolute Gasteiger partial charge is 0.497 e. The first-order chi connectivity index (χ1) is 15.5. The fourth-order valence-corrected chi connectivity index (χ4v) is 6.09. The van der Waals surface area contributed by atoms with Crippen LogP contribution in [0.4, 0.5) is 5.69 Å². The standard InChI is InChI=1S/C25H30N2O5/c1-31-14-7-10-19(20(12-14)32-2)26-21(28)6-4-3-5-11-27-24(29)22-15-8-9-16(18-13-17(15)18)23(22)25(27)30/h7-10,12,15-18,22-23H,3-6,11,13H2,1-2H3,(H,26,28). The van der Waals surface area contributed by atoms with Gasteiger partial charge in [0.25, 0.3) is 0 Å². The highest BCUT2D eigenvalue weighted by Crippen LogP contribution is 2.65. The van der Waals surface area contributed by atoms with Gasteiger partial charge in [-0.15, -0.1) is 0 Å². The first-order valence-corrected chi connectivity index (χ1v) is 11.6. The summed E-state index contributed by atoms with van der Waals surface area (Å²) in [5.74, 6) is 2.76. The van der Waals surface area contributed by atoms with E-state index in [0.29, 0.717) is 48.4 Å². The maximum Gasteiger partial charge on any atom is 0.233 e. The van der Waals surface area contributed by atoms with E-state index in [-0.39, 0.29) is 41.4 Å². The first-order valence-electron chi connectivity index (χ1n) is 11.6. The number of nitrogens with one attached hydrogen (secondary N) is 1. The van der Waals surface area contributed by atoms with Crippen LogP contribution in [-0.4, -0.2) is 43.4 Å². The van der Waals surface area contributed by atoms with E-state index in [0.717, 1.165) is 12.8 Å². The number of allylic oxidation sites excluding steroid dienone is 2. The average Bonchev–Trinajstić information content (AvgIpc) is 3.59. The van der Waals surface area contributed by atoms with Gasteiger partial charge in [-0.2, -0.15) is 0 Å². The van der Waals surface area contributed by atoms with Crippen molar-refractivity contribution in [3.05, 3.63) is 30.4 Å². The monoisotopic (exact) mass is 438 g/mol. The van der Waals surface area contributed by atoms with Gasteiger partial charge in [0.15, 0.2) is 0 Å². The van der Waals surface area contributed by atoms with Crippen molar-refractivity contribution in [3.63, 3.8) is 0 Å². The molecule has 0 aromatic heterocycles. The van der Waals surface area contributed by atoms with E-state index < -0.39 is 0 Å². The molecule has 6 rings (SSSR count). The van der Waals surface area contributed by atoms with E-state index >= 15 is 0 Å². The van der Waals surface area contributed by atoms with Gasteiger partial charge < -0.3 is 14.8 Å². The molecule has 1 N–H and O–H groups in total. The normalized spacial score (nSPS) is 31.4. The fourth-order valence-electron chi connectivity index (χ4n) is 6.09. The van der Waals surface area contributed by atoms with Crippen LogP contribution in [0.15, 0.2) is 30.4 Å². The molecule has 1 aromatic rings. The van der Waals surface area contributed by atoms with Crippen LogP contribution in [0.2, 0.25) is 0 Å². The lowest BCUT2D eigenvalue weighted by Crippen LogP contribution is -2.40. The number of nitrogens with zero attached hydrogens (tertiary/aromatic N) is 1. The molecule has 6 atom stereocenters. The van der Waals surface area contributed by atoms with Crippen molar-refractivity contribution >= 4 is 23.4 Å². The zero-order chi connectivity index (χ0) is 22.4. The van der Waals surface area contributed by atoms with Crippen molar-refractivity contribution in [1.29, 1.82) is 0 Å². The van der Waals surface area contributed by atoms with E-state index in [1.54, 1.807) is 32.4 Å². The number of carbonyl (C=O) groups is 3. The Morgan fingerprint density at radius 2 is 1.69 bits per heavy atom. The minimum Gasteiger partial charge on any atom is -0.497 e. The SMILES string of the molecule is COc1ccc(NC(=O)CCCCCN2C(=O)C3C4C=CC(C5CC45)C3C2=O)c(OC)c1. The van der Waals surface area contributed by atoms with Gasteiger partial charge in [0.05, 0.1) is 31.7 Å². The van der Waals surface area contributed by atoms with Gasteiger partial charge >= 0.3 is 0 Å². The van der Waals surface area contributed by atoms with Crippen molar-refractivity contribution < 1.29 is 23.9 Å². The summed E-state index contributed by atoms with van der Waals surface area (Å²) in [6.07, 6.45) is 8.17. The lowest BCUT2D eigenvalue weighted by atomic mass is 9.63. The Balaban J connectivity index is 1.07. The highest BCUT2D eigenvalue weighted by molar-refractivity contribution is 6.06. The van der Waals surface area contributed by atoms with Crippen molar-refractivity contribution in [1.82, 2.24) is 4.90 Å². The minimum atomic E-state index is -0.119. The Morgan fingerprint density at radius 1 is 1.00 bits per heavy atom. The zero-order valence-electron chi connectivity index (χ0n) is 18.6. The molecule has 1 saturated heterocycles. The lowest BCUT2D eigenvalue weighted by molar-refractivity contribution is -0.140. The summed E-state index contributed by atoms with van der Waals surface area (Å²) >= 11 is 0. The lowest BCUT2D eigenvalue weighted by Gasteiger charge is -2.37. The van der Waals surface area contributed by atoms with Crippen molar-refractivity contribution in [2.75, 3.05) is 26.1 Å². The average molecular weight is 439 g/mol. The number of benzene rings is 1. The minimum absolute atomic E-state index is 0.0362. The molecule has 5 aliphatic rings. The Morgan fingerprint density at radius 3 is 2.31 bits per heavy atom. The molecule has 32 heavy (non-hydrogen) atoms. The summed E-state index contributed by atoms with van der Waals surface area (Å²) in [5, 5.41) is 2.87. The Hall–Kier alpha value is -2.83. The van der Waals surface area contributed by atoms with E-state index in [2.05, 4.69) is 17.5 Å². The van der Waals surface area contributed by atoms with Crippen LogP contribution >= 0.6 is 0 Å². The van der Waals surface area contributed by atoms with Crippen LogP contribution in [0, 0.1) is 35.5 Å². The van der Waals surface area contributed by atoms with Gasteiger partial charge in [0.1, 0.15) is 11.5 Å². The number of methoxy groups -OCH3 is 2. The van der Waals surface area contributed by atoms with Gasteiger partial charge in [-0.1, -0.05) is 18.6 Å². The molecular formula is C25H30N2O5. The van der Waals surface area contributed by atoms with Gasteiger partial charge in [-0.05, 0) is 55.1 Å². The Bertz CT molecular complexity index is 937. The van der Waals surface area contributed by atoms with E-state index in [4.69, 9.17) is 9.47 Å². The maximum absolute atomic E-state index is 13.0. The number of unbranched alkanes of at least 4 members (excludes halogenated alkanes) is 2. The number of anilines is 1. The molecule has 4 aliphatic carbocycles. The fraction of sp³-hybridized carbons (Fsp3) is 0.560. The van der Waals surface area contributed by atoms with Crippen LogP contribution in [0.5, 0.6) is 11.5 Å². The van der Waals surface area contributed by atoms with E-state index in [1.807, 2.05) is 0 Å². The molecule has 2 bridgehead atoms. The third-order valence-corrected chi connectivity index (χ3v) is 7.72. The second-order valence-corrected chi connectivity index (χ2v) is 9.41. The maximum atomic E-state index is 13.0. The van der Waals surface area contributed by atoms with Crippen LogP contribution in [0.25, 0.3) is 0 Å². The van der Waals surface area contributed by atoms with Gasteiger partial charge in [-0.3, -0.25) is 19.3 Å². The molecule has 6 unspecified atom stereocenters. The number of amides is 3. The molecule has 2 saturated carbocycles. The molecular weight excluding hydrogens is 408 g/mol. The van der Waals surface area contributed by atoms with Gasteiger partial charge in [-0.25, -0.2) is 0 Å². The third-order valence-electron chi connectivity index (χ3n) is 7.72. The predicted octanol–water partition coefficient (Wildman–Crippen LogP) is 3.26. The molecule has 0 radical (unpaired) electrons. The molecule has 170 valence electrons. The quantitative estimate of drug-likeness (QED) is 0.363. The summed E-state index contributed by atoms with van der Waals surface area (Å²) in [4.78, 5) is 39.8. The van der Waals surface area contributed by atoms with Gasteiger partial charge in [0, 0.05) is 19.0 Å². The second-order valence-electron chi connectivity index (χ2n) is 9.41. The summed E-state index contributed by atoms with van der Waals surface area (Å²) < 4.78 is 10.5. The summed E-state index contributed by atoms with van der Waals surface area (Å²) in [6.45, 7) is 0.466. The third kappa shape index (κ3) is 3.48. The topological polar surface area (TPSA) is 84.9 Å². The van der Waals surface area contributed by atoms with Crippen LogP contribution in [0.1, 0.15) is 32.1 Å². The molecule has 1 heterocycles. The number of hydrogen-bond donors (Lipinski definition) is 1. The summed E-state index contributed by atoms with van der Waals surface area (Å²) in [6, 6.07) is 5.25. The van der Waals surface area contributed by atoms with Crippen molar-refractivity contribution in [2.24, 2.45) is 35.5 Å². The van der Waals surface area contributed by atoms with E-state index in [9.17, 15) is 14.4 Å². The number of imide groups is 1. The second kappa shape index (κ2) is 8.26. The summed E-state index contributed by atoms with van der Waals surface area (Å²) in [7, 11) is 3.12. The highest BCUT2D eigenvalue weighted by Gasteiger charge is 2.66. The number of likely N-dealkylation sites (tertiary alicyclic amines) is 1. The number of rotatable bonds is 9. The molecule has 3 fully saturated rings. The highest BCUT2D eigenvalue weighted by atomic mass is 16.5. The smallest absolute Gasteiger partial charge is 0.233 e. The number of ether oxygens (including phenoxy) is 2. The van der Waals surface area contributed by atoms with Crippen LogP contribution in [0.3, 0.4) is 0 Å². The van der Waals surface area contributed by atoms with Crippen molar-refractivity contribution in [3.8, 4) is 11.5 Å². The van der Waals surface area contributed by atoms with Crippen LogP contribution in [-0.2, 0) is 14.4 Å². The van der Waals surface area contributed by atoms with Crippen molar-refractivity contribution in [2.45, 2.75) is 32.1 Å². The van der Waals surface area contributed by atoms with E-state index in [1.165, 1.54) is 11.3 Å². The molecule has 7 nitrogen and oxygen atoms in total. The zero-order valence-corrected chi connectivity index (χ0v) is 18.6. The molecule has 7 heteroatoms. The first kappa shape index (κ1) is 21.0. The Kier molecular flexibility index (Phi) is 5.43. The van der Waals surface area contributed by atoms with Gasteiger partial charge in [0.2, 0.25) is 17.7 Å². The van der Waals surface area contributed by atoms with Crippen LogP contribution < -0.4 is 14.8 Å². The number of carbonyl (C=O) groups excluding carboxylic acids is 3. The molecule has 3 amide bonds. The predicted molar refractivity (Wildman–Crippen MR) is 118 cm³/mol. The Labute approximate surface area is 188 Å².